The summed E-state index contributed by atoms with van der Waals surface area (Å²) in [4.78, 5) is 34.6. The zero-order valence-corrected chi connectivity index (χ0v) is 35.4. The van der Waals surface area contributed by atoms with E-state index in [1.165, 1.54) is 64.2 Å². The lowest BCUT2D eigenvalue weighted by Crippen LogP contribution is -2.65. The van der Waals surface area contributed by atoms with E-state index in [-0.39, 0.29) is 34.2 Å². The first-order valence-electron chi connectivity index (χ1n) is 21.5. The van der Waals surface area contributed by atoms with Gasteiger partial charge in [-0.3, -0.25) is 9.68 Å². The quantitative estimate of drug-likeness (QED) is 0.189. The fourth-order valence-electron chi connectivity index (χ4n) is 10.3. The van der Waals surface area contributed by atoms with Crippen LogP contribution < -0.4 is 15.1 Å². The van der Waals surface area contributed by atoms with E-state index in [0.717, 1.165) is 76.4 Å². The Morgan fingerprint density at radius 2 is 0.923 bits per heavy atom. The van der Waals surface area contributed by atoms with Gasteiger partial charge in [0, 0.05) is 54.4 Å². The van der Waals surface area contributed by atoms with Gasteiger partial charge in [0.25, 0.3) is 0 Å². The topological polar surface area (TPSA) is 82.1 Å². The van der Waals surface area contributed by atoms with Crippen LogP contribution in [0.4, 0.5) is 17.8 Å². The first kappa shape index (κ1) is 41.4. The predicted molar refractivity (Wildman–Crippen MR) is 216 cm³/mol. The third kappa shape index (κ3) is 9.91. The van der Waals surface area contributed by atoms with Crippen LogP contribution >= 0.6 is 0 Å². The molecule has 52 heavy (non-hydrogen) atoms. The Morgan fingerprint density at radius 3 is 1.23 bits per heavy atom. The van der Waals surface area contributed by atoms with E-state index in [0.29, 0.717) is 18.2 Å². The Hall–Kier alpha value is -1.75. The highest BCUT2D eigenvalue weighted by atomic mass is 16.7. The van der Waals surface area contributed by atoms with E-state index >= 15 is 0 Å². The van der Waals surface area contributed by atoms with E-state index in [1.807, 2.05) is 7.05 Å². The highest BCUT2D eigenvalue weighted by Gasteiger charge is 2.51. The van der Waals surface area contributed by atoms with E-state index in [1.54, 1.807) is 0 Å². The minimum Gasteiger partial charge on any atom is -0.357 e. The standard InChI is InChI=1S/C42H78N8O2/c1-12-14-26-47(32-28-39(3,4)49(40(5,6)29-32)51-34-22-18-16-19-23-34)37-44-36(43-11)45-38(46-37)48(27-15-13-2)33-30-41(7,8)50(42(9,10)31-33)52-35-24-20-17-21-25-35/h32-35H,12-31H2,1-11H3,(H,43,44,45,46). The molecule has 1 aromatic rings. The summed E-state index contributed by atoms with van der Waals surface area (Å²) in [6, 6.07) is 0.565. The number of aromatic nitrogens is 3. The van der Waals surface area contributed by atoms with E-state index in [9.17, 15) is 0 Å². The number of nitrogens with one attached hydrogen (secondary N) is 1. The van der Waals surface area contributed by atoms with Gasteiger partial charge in [-0.05, 0) is 120 Å². The van der Waals surface area contributed by atoms with Crippen molar-refractivity contribution in [2.24, 2.45) is 0 Å². The Morgan fingerprint density at radius 1 is 0.577 bits per heavy atom. The molecular formula is C42H78N8O2. The van der Waals surface area contributed by atoms with Crippen LogP contribution in [0.2, 0.25) is 0 Å². The molecule has 1 aromatic heterocycles. The largest absolute Gasteiger partial charge is 0.357 e. The normalized spacial score (nSPS) is 24.9. The van der Waals surface area contributed by atoms with Gasteiger partial charge in [0.2, 0.25) is 17.8 Å². The summed E-state index contributed by atoms with van der Waals surface area (Å²) in [6.45, 7) is 25.4. The number of hydrogen-bond acceptors (Lipinski definition) is 10. The van der Waals surface area contributed by atoms with Crippen molar-refractivity contribution in [3.05, 3.63) is 0 Å². The molecule has 0 aromatic carbocycles. The molecule has 0 amide bonds. The van der Waals surface area contributed by atoms with Crippen molar-refractivity contribution >= 4 is 17.8 Å². The zero-order chi connectivity index (χ0) is 37.7. The van der Waals surface area contributed by atoms with Crippen molar-refractivity contribution in [3.8, 4) is 0 Å². The number of anilines is 3. The summed E-state index contributed by atoms with van der Waals surface area (Å²) in [5.41, 5.74) is -0.524. The second-order valence-corrected chi connectivity index (χ2v) is 19.3. The van der Waals surface area contributed by atoms with Crippen LogP contribution in [-0.2, 0) is 9.68 Å². The van der Waals surface area contributed by atoms with Crippen LogP contribution in [0.1, 0.15) is 185 Å². The maximum Gasteiger partial charge on any atom is 0.232 e. The Bertz CT molecular complexity index is 1130. The summed E-state index contributed by atoms with van der Waals surface area (Å²) >= 11 is 0. The maximum absolute atomic E-state index is 6.90. The van der Waals surface area contributed by atoms with Crippen LogP contribution in [0.25, 0.3) is 0 Å². The number of rotatable bonds is 15. The molecular weight excluding hydrogens is 649 g/mol. The monoisotopic (exact) mass is 727 g/mol. The molecule has 3 heterocycles. The van der Waals surface area contributed by atoms with E-state index in [2.05, 4.69) is 94.5 Å². The van der Waals surface area contributed by atoms with Crippen LogP contribution in [0.5, 0.6) is 0 Å². The second kappa shape index (κ2) is 17.4. The van der Waals surface area contributed by atoms with Gasteiger partial charge in [-0.1, -0.05) is 65.2 Å². The molecule has 10 nitrogen and oxygen atoms in total. The number of hydrogen-bond donors (Lipinski definition) is 1. The molecule has 2 saturated heterocycles. The molecule has 0 radical (unpaired) electrons. The van der Waals surface area contributed by atoms with Gasteiger partial charge >= 0.3 is 0 Å². The molecule has 2 aliphatic carbocycles. The van der Waals surface area contributed by atoms with Crippen LogP contribution in [0.3, 0.4) is 0 Å². The van der Waals surface area contributed by atoms with Crippen LogP contribution in [0, 0.1) is 0 Å². The number of hydroxylamine groups is 4. The van der Waals surface area contributed by atoms with Gasteiger partial charge in [0.1, 0.15) is 0 Å². The zero-order valence-electron chi connectivity index (χ0n) is 35.4. The smallest absolute Gasteiger partial charge is 0.232 e. The summed E-state index contributed by atoms with van der Waals surface area (Å²) in [7, 11) is 1.94. The van der Waals surface area contributed by atoms with Crippen molar-refractivity contribution in [3.63, 3.8) is 0 Å². The minimum atomic E-state index is -0.131. The van der Waals surface area contributed by atoms with Crippen molar-refractivity contribution < 1.29 is 9.68 Å². The summed E-state index contributed by atoms with van der Waals surface area (Å²) in [5, 5.41) is 8.09. The fourth-order valence-corrected chi connectivity index (χ4v) is 10.3. The summed E-state index contributed by atoms with van der Waals surface area (Å²) in [5.74, 6) is 2.26. The summed E-state index contributed by atoms with van der Waals surface area (Å²) in [6.07, 6.45) is 21.5. The minimum absolute atomic E-state index is 0.131. The van der Waals surface area contributed by atoms with Crippen molar-refractivity contribution in [2.45, 2.75) is 231 Å². The lowest BCUT2D eigenvalue weighted by Gasteiger charge is -2.57. The third-order valence-corrected chi connectivity index (χ3v) is 12.5. The average Bonchev–Trinajstić information content (AvgIpc) is 3.08. The Labute approximate surface area is 318 Å². The molecule has 10 heteroatoms. The predicted octanol–water partition coefficient (Wildman–Crippen LogP) is 9.70. The van der Waals surface area contributed by atoms with Gasteiger partial charge in [-0.2, -0.15) is 25.1 Å². The van der Waals surface area contributed by atoms with Gasteiger partial charge in [0.05, 0.1) is 12.2 Å². The Kier molecular flexibility index (Phi) is 13.8. The van der Waals surface area contributed by atoms with Gasteiger partial charge in [0.15, 0.2) is 0 Å². The molecule has 298 valence electrons. The number of piperidine rings is 2. The molecule has 0 spiro atoms. The van der Waals surface area contributed by atoms with Gasteiger partial charge < -0.3 is 15.1 Å². The van der Waals surface area contributed by atoms with E-state index in [4.69, 9.17) is 24.6 Å². The van der Waals surface area contributed by atoms with Crippen molar-refractivity contribution in [1.29, 1.82) is 0 Å². The second-order valence-electron chi connectivity index (χ2n) is 19.3. The number of unbranched alkanes of at least 4 members (excludes halogenated alkanes) is 2. The molecule has 2 saturated carbocycles. The molecule has 2 aliphatic heterocycles. The molecule has 4 aliphatic rings. The Balaban J connectivity index is 1.45. The molecule has 1 N–H and O–H groups in total. The highest BCUT2D eigenvalue weighted by Crippen LogP contribution is 2.45. The fraction of sp³-hybridized carbons (Fsp3) is 0.929. The third-order valence-electron chi connectivity index (χ3n) is 12.5. The number of nitrogens with zero attached hydrogens (tertiary/aromatic N) is 7. The SMILES string of the molecule is CCCCN(c1nc(NC)nc(N(CCCC)C2CC(C)(C)N(OC3CCCCC3)C(C)(C)C2)n1)C1CC(C)(C)N(OC2CCCCC2)C(C)(C)C1. The molecule has 0 atom stereocenters. The average molecular weight is 727 g/mol. The lowest BCUT2D eigenvalue weighted by molar-refractivity contribution is -0.310. The van der Waals surface area contributed by atoms with Crippen LogP contribution in [0.15, 0.2) is 0 Å². The molecule has 4 fully saturated rings. The first-order chi connectivity index (χ1) is 24.6. The first-order valence-corrected chi connectivity index (χ1v) is 21.5. The van der Waals surface area contributed by atoms with Gasteiger partial charge in [-0.25, -0.2) is 0 Å². The van der Waals surface area contributed by atoms with Crippen molar-refractivity contribution in [1.82, 2.24) is 25.1 Å². The lowest BCUT2D eigenvalue weighted by atomic mass is 9.78. The van der Waals surface area contributed by atoms with Crippen molar-refractivity contribution in [2.75, 3.05) is 35.3 Å². The highest BCUT2D eigenvalue weighted by molar-refractivity contribution is 5.47. The van der Waals surface area contributed by atoms with Gasteiger partial charge in [-0.15, -0.1) is 0 Å². The maximum atomic E-state index is 6.90. The summed E-state index contributed by atoms with van der Waals surface area (Å²) < 4.78 is 0. The van der Waals surface area contributed by atoms with E-state index < -0.39 is 0 Å². The molecule has 0 bridgehead atoms. The molecule has 5 rings (SSSR count). The molecule has 0 unspecified atom stereocenters. The van der Waals surface area contributed by atoms with Crippen LogP contribution in [-0.4, -0.2) is 91.7 Å².